The largest absolute Gasteiger partial charge is 0.494 e. The van der Waals surface area contributed by atoms with Gasteiger partial charge in [-0.2, -0.15) is 9.50 Å². The van der Waals surface area contributed by atoms with Crippen LogP contribution in [-0.4, -0.2) is 34.9 Å². The van der Waals surface area contributed by atoms with Gasteiger partial charge in [0.15, 0.2) is 17.3 Å². The molecule has 32 heavy (non-hydrogen) atoms. The maximum Gasteiger partial charge on any atom is 0.291 e. The lowest BCUT2D eigenvalue weighted by molar-refractivity contribution is 0.317. The zero-order valence-corrected chi connectivity index (χ0v) is 18.7. The van der Waals surface area contributed by atoms with E-state index in [2.05, 4.69) is 23.6 Å². The second-order valence-electron chi connectivity index (χ2n) is 6.93. The molecule has 0 unspecified atom stereocenters. The molecule has 0 radical (unpaired) electrons. The highest BCUT2D eigenvalue weighted by Gasteiger charge is 2.12. The molecule has 0 N–H and O–H groups in total. The minimum Gasteiger partial charge on any atom is -0.494 e. The molecule has 0 bridgehead atoms. The Morgan fingerprint density at radius 2 is 1.94 bits per heavy atom. The fourth-order valence-corrected chi connectivity index (χ4v) is 3.98. The van der Waals surface area contributed by atoms with Gasteiger partial charge in [-0.3, -0.25) is 4.79 Å². The van der Waals surface area contributed by atoms with Gasteiger partial charge >= 0.3 is 0 Å². The smallest absolute Gasteiger partial charge is 0.291 e. The Kier molecular flexibility index (Phi) is 6.51. The lowest BCUT2D eigenvalue weighted by Crippen LogP contribution is -2.23. The summed E-state index contributed by atoms with van der Waals surface area (Å²) in [6.07, 6.45) is 4.41. The van der Waals surface area contributed by atoms with Crippen LogP contribution in [0.25, 0.3) is 22.4 Å². The Balaban J connectivity index is 1.62. The first-order valence-corrected chi connectivity index (χ1v) is 11.0. The SMILES string of the molecule is C=CCOc1ccc(/C=c2/sc3nc(-c4ccc(OCCC)cc4)nn3c2=O)cc1OC. The molecule has 0 atom stereocenters. The predicted molar refractivity (Wildman–Crippen MR) is 126 cm³/mol. The number of rotatable bonds is 9. The number of aromatic nitrogens is 3. The fraction of sp³-hybridized carbons (Fsp3) is 0.208. The number of hydrogen-bond donors (Lipinski definition) is 0. The molecular weight excluding hydrogens is 426 g/mol. The van der Waals surface area contributed by atoms with E-state index in [1.54, 1.807) is 19.3 Å². The molecule has 0 saturated carbocycles. The van der Waals surface area contributed by atoms with Crippen LogP contribution in [0.4, 0.5) is 0 Å². The molecule has 0 aliphatic heterocycles. The zero-order valence-electron chi connectivity index (χ0n) is 17.9. The van der Waals surface area contributed by atoms with Gasteiger partial charge in [-0.05, 0) is 54.5 Å². The van der Waals surface area contributed by atoms with Crippen molar-refractivity contribution in [3.63, 3.8) is 0 Å². The Bertz CT molecular complexity index is 1340. The summed E-state index contributed by atoms with van der Waals surface area (Å²) in [6, 6.07) is 13.0. The molecule has 2 aromatic carbocycles. The maximum absolute atomic E-state index is 12.9. The van der Waals surface area contributed by atoms with E-state index in [1.165, 1.54) is 15.9 Å². The minimum atomic E-state index is -0.211. The fourth-order valence-electron chi connectivity index (χ4n) is 3.07. The van der Waals surface area contributed by atoms with E-state index in [1.807, 2.05) is 42.5 Å². The molecule has 4 rings (SSSR count). The van der Waals surface area contributed by atoms with Gasteiger partial charge < -0.3 is 14.2 Å². The number of thiazole rings is 1. The van der Waals surface area contributed by atoms with Gasteiger partial charge in [0.25, 0.3) is 5.56 Å². The lowest BCUT2D eigenvalue weighted by atomic mass is 10.2. The van der Waals surface area contributed by atoms with Crippen LogP contribution in [-0.2, 0) is 0 Å². The third kappa shape index (κ3) is 4.50. The van der Waals surface area contributed by atoms with Crippen LogP contribution in [0.3, 0.4) is 0 Å². The van der Waals surface area contributed by atoms with Gasteiger partial charge in [0, 0.05) is 5.56 Å². The van der Waals surface area contributed by atoms with Crippen LogP contribution < -0.4 is 24.3 Å². The van der Waals surface area contributed by atoms with Gasteiger partial charge in [0.2, 0.25) is 4.96 Å². The Morgan fingerprint density at radius 1 is 1.12 bits per heavy atom. The van der Waals surface area contributed by atoms with Crippen molar-refractivity contribution in [3.05, 3.63) is 75.6 Å². The molecule has 2 heterocycles. The molecule has 0 spiro atoms. The summed E-state index contributed by atoms with van der Waals surface area (Å²) in [6.45, 7) is 6.76. The average molecular weight is 450 g/mol. The quantitative estimate of drug-likeness (QED) is 0.363. The van der Waals surface area contributed by atoms with Crippen molar-refractivity contribution in [1.82, 2.24) is 14.6 Å². The van der Waals surface area contributed by atoms with Crippen molar-refractivity contribution in [2.75, 3.05) is 20.3 Å². The molecule has 0 aliphatic carbocycles. The first-order valence-electron chi connectivity index (χ1n) is 10.2. The van der Waals surface area contributed by atoms with Gasteiger partial charge in [-0.25, -0.2) is 0 Å². The van der Waals surface area contributed by atoms with Gasteiger partial charge in [-0.1, -0.05) is 37.0 Å². The summed E-state index contributed by atoms with van der Waals surface area (Å²) in [5.41, 5.74) is 1.43. The van der Waals surface area contributed by atoms with Crippen molar-refractivity contribution in [1.29, 1.82) is 0 Å². The topological polar surface area (TPSA) is 75.0 Å². The number of benzene rings is 2. The van der Waals surface area contributed by atoms with Gasteiger partial charge in [0.1, 0.15) is 12.4 Å². The number of methoxy groups -OCH3 is 1. The third-order valence-corrected chi connectivity index (χ3v) is 5.57. The van der Waals surface area contributed by atoms with Crippen molar-refractivity contribution in [2.24, 2.45) is 0 Å². The van der Waals surface area contributed by atoms with Gasteiger partial charge in [0.05, 0.1) is 18.2 Å². The normalized spacial score (nSPS) is 11.6. The number of fused-ring (bicyclic) bond motifs is 1. The first kappa shape index (κ1) is 21.6. The van der Waals surface area contributed by atoms with Crippen molar-refractivity contribution < 1.29 is 14.2 Å². The van der Waals surface area contributed by atoms with E-state index in [4.69, 9.17) is 14.2 Å². The van der Waals surface area contributed by atoms with Crippen LogP contribution in [0.2, 0.25) is 0 Å². The van der Waals surface area contributed by atoms with Crippen LogP contribution >= 0.6 is 11.3 Å². The minimum absolute atomic E-state index is 0.211. The highest BCUT2D eigenvalue weighted by molar-refractivity contribution is 7.15. The Labute approximate surface area is 189 Å². The van der Waals surface area contributed by atoms with Crippen LogP contribution in [0, 0.1) is 0 Å². The second kappa shape index (κ2) is 9.65. The van der Waals surface area contributed by atoms with E-state index >= 15 is 0 Å². The summed E-state index contributed by atoms with van der Waals surface area (Å²) in [5, 5.41) is 4.41. The molecule has 7 nitrogen and oxygen atoms in total. The summed E-state index contributed by atoms with van der Waals surface area (Å²) in [4.78, 5) is 17.9. The predicted octanol–water partition coefficient (Wildman–Crippen LogP) is 3.73. The Morgan fingerprint density at radius 3 is 2.62 bits per heavy atom. The van der Waals surface area contributed by atoms with E-state index in [9.17, 15) is 4.79 Å². The van der Waals surface area contributed by atoms with Crippen LogP contribution in [0.15, 0.2) is 59.9 Å². The molecule has 164 valence electrons. The van der Waals surface area contributed by atoms with Crippen molar-refractivity contribution in [2.45, 2.75) is 13.3 Å². The zero-order chi connectivity index (χ0) is 22.5. The van der Waals surface area contributed by atoms with Crippen LogP contribution in [0.1, 0.15) is 18.9 Å². The molecule has 4 aromatic rings. The average Bonchev–Trinajstić information content (AvgIpc) is 3.36. The second-order valence-corrected chi connectivity index (χ2v) is 7.94. The third-order valence-electron chi connectivity index (χ3n) is 4.61. The van der Waals surface area contributed by atoms with E-state index in [0.717, 1.165) is 23.3 Å². The van der Waals surface area contributed by atoms with E-state index < -0.39 is 0 Å². The molecule has 0 amide bonds. The molecule has 0 saturated heterocycles. The van der Waals surface area contributed by atoms with Crippen LogP contribution in [0.5, 0.6) is 17.2 Å². The summed E-state index contributed by atoms with van der Waals surface area (Å²) in [7, 11) is 1.58. The molecule has 8 heteroatoms. The molecule has 0 aliphatic rings. The standard InChI is InChI=1S/C24H23N3O4S/c1-4-12-30-18-9-7-17(8-10-18)22-25-24-27(26-22)23(28)21(32-24)15-16-6-11-19(31-13-5-2)20(14-16)29-3/h5-11,14-15H,2,4,12-13H2,1,3H3/b21-15+. The molecular formula is C24H23N3O4S. The summed E-state index contributed by atoms with van der Waals surface area (Å²) >= 11 is 1.29. The summed E-state index contributed by atoms with van der Waals surface area (Å²) in [5.74, 6) is 2.51. The molecule has 0 fully saturated rings. The van der Waals surface area contributed by atoms with Crippen molar-refractivity contribution >= 4 is 22.4 Å². The monoisotopic (exact) mass is 449 g/mol. The van der Waals surface area contributed by atoms with Gasteiger partial charge in [-0.15, -0.1) is 5.10 Å². The van der Waals surface area contributed by atoms with Crippen molar-refractivity contribution in [3.8, 4) is 28.6 Å². The van der Waals surface area contributed by atoms with E-state index in [-0.39, 0.29) is 5.56 Å². The first-order chi connectivity index (χ1) is 15.6. The number of nitrogens with zero attached hydrogens (tertiary/aromatic N) is 3. The maximum atomic E-state index is 12.9. The Hall–Kier alpha value is -3.65. The molecule has 2 aromatic heterocycles. The lowest BCUT2D eigenvalue weighted by Gasteiger charge is -2.09. The number of hydrogen-bond acceptors (Lipinski definition) is 7. The highest BCUT2D eigenvalue weighted by Crippen LogP contribution is 2.28. The van der Waals surface area contributed by atoms with E-state index in [0.29, 0.717) is 40.0 Å². The highest BCUT2D eigenvalue weighted by atomic mass is 32.1. The summed E-state index contributed by atoms with van der Waals surface area (Å²) < 4.78 is 18.5. The number of ether oxygens (including phenoxy) is 3.